The standard InChI is InChI=1S/C17H24ClNO2/c1-2-12-21-16-4-3-10-19(13-16)11-9-17(20)14-5-7-15(18)8-6-14/h5-8,16H,2-4,9-13H2,1H3. The maximum Gasteiger partial charge on any atom is 0.164 e. The smallest absolute Gasteiger partial charge is 0.164 e. The third-order valence-electron chi connectivity index (χ3n) is 3.84. The number of piperidine rings is 1. The lowest BCUT2D eigenvalue weighted by Gasteiger charge is -2.32. The lowest BCUT2D eigenvalue weighted by molar-refractivity contribution is -0.0000194. The first-order valence-corrected chi connectivity index (χ1v) is 8.19. The number of likely N-dealkylation sites (tertiary alicyclic amines) is 1. The van der Waals surface area contributed by atoms with Crippen molar-refractivity contribution in [2.24, 2.45) is 0 Å². The molecule has 21 heavy (non-hydrogen) atoms. The molecule has 1 aliphatic rings. The molecule has 0 N–H and O–H groups in total. The summed E-state index contributed by atoms with van der Waals surface area (Å²) in [5.41, 5.74) is 0.746. The van der Waals surface area contributed by atoms with Crippen molar-refractivity contribution in [3.05, 3.63) is 34.9 Å². The first-order valence-electron chi connectivity index (χ1n) is 7.81. The molecule has 0 saturated carbocycles. The van der Waals surface area contributed by atoms with E-state index in [4.69, 9.17) is 16.3 Å². The Hall–Kier alpha value is -0.900. The predicted octanol–water partition coefficient (Wildman–Crippen LogP) is 3.80. The monoisotopic (exact) mass is 309 g/mol. The van der Waals surface area contributed by atoms with Gasteiger partial charge in [0.25, 0.3) is 0 Å². The Kier molecular flexibility index (Phi) is 6.68. The summed E-state index contributed by atoms with van der Waals surface area (Å²) < 4.78 is 5.83. The Balaban J connectivity index is 1.76. The summed E-state index contributed by atoms with van der Waals surface area (Å²) >= 11 is 5.84. The molecule has 0 aromatic heterocycles. The van der Waals surface area contributed by atoms with Crippen molar-refractivity contribution in [1.29, 1.82) is 0 Å². The number of hydrogen-bond acceptors (Lipinski definition) is 3. The number of rotatable bonds is 7. The lowest BCUT2D eigenvalue weighted by Crippen LogP contribution is -2.40. The summed E-state index contributed by atoms with van der Waals surface area (Å²) in [7, 11) is 0. The summed E-state index contributed by atoms with van der Waals surface area (Å²) in [6.45, 7) is 5.80. The van der Waals surface area contributed by atoms with Crippen LogP contribution in [0.5, 0.6) is 0 Å². The Morgan fingerprint density at radius 2 is 2.14 bits per heavy atom. The minimum atomic E-state index is 0.184. The van der Waals surface area contributed by atoms with Crippen LogP contribution < -0.4 is 0 Å². The van der Waals surface area contributed by atoms with E-state index in [1.807, 2.05) is 0 Å². The van der Waals surface area contributed by atoms with E-state index in [0.717, 1.165) is 51.1 Å². The Labute approximate surface area is 132 Å². The number of carbonyl (C=O) groups excluding carboxylic acids is 1. The van der Waals surface area contributed by atoms with Gasteiger partial charge in [0.2, 0.25) is 0 Å². The van der Waals surface area contributed by atoms with Crippen LogP contribution in [-0.2, 0) is 4.74 Å². The van der Waals surface area contributed by atoms with Gasteiger partial charge in [0.05, 0.1) is 6.10 Å². The Morgan fingerprint density at radius 1 is 1.38 bits per heavy atom. The predicted molar refractivity (Wildman–Crippen MR) is 86.1 cm³/mol. The molecular formula is C17H24ClNO2. The highest BCUT2D eigenvalue weighted by molar-refractivity contribution is 6.30. The average molecular weight is 310 g/mol. The van der Waals surface area contributed by atoms with E-state index in [9.17, 15) is 4.79 Å². The zero-order valence-corrected chi connectivity index (χ0v) is 13.4. The quantitative estimate of drug-likeness (QED) is 0.717. The zero-order chi connectivity index (χ0) is 15.1. The third-order valence-corrected chi connectivity index (χ3v) is 4.09. The first-order chi connectivity index (χ1) is 10.2. The number of benzene rings is 1. The van der Waals surface area contributed by atoms with Crippen LogP contribution in [0, 0.1) is 0 Å². The molecule has 1 aromatic carbocycles. The number of Topliss-reactive ketones (excluding diaryl/α,β-unsaturated/α-hetero) is 1. The van der Waals surface area contributed by atoms with Crippen molar-refractivity contribution in [3.63, 3.8) is 0 Å². The molecule has 116 valence electrons. The largest absolute Gasteiger partial charge is 0.377 e. The van der Waals surface area contributed by atoms with E-state index in [0.29, 0.717) is 17.5 Å². The third kappa shape index (κ3) is 5.42. The molecule has 3 nitrogen and oxygen atoms in total. The summed E-state index contributed by atoms with van der Waals surface area (Å²) in [4.78, 5) is 14.5. The summed E-state index contributed by atoms with van der Waals surface area (Å²) in [5, 5.41) is 0.665. The van der Waals surface area contributed by atoms with Gasteiger partial charge in [0.1, 0.15) is 0 Å². The van der Waals surface area contributed by atoms with Crippen molar-refractivity contribution >= 4 is 17.4 Å². The summed E-state index contributed by atoms with van der Waals surface area (Å²) in [6.07, 6.45) is 4.25. The highest BCUT2D eigenvalue weighted by Crippen LogP contribution is 2.15. The molecule has 1 saturated heterocycles. The molecule has 1 aliphatic heterocycles. The molecule has 0 radical (unpaired) electrons. The van der Waals surface area contributed by atoms with E-state index < -0.39 is 0 Å². The molecule has 0 amide bonds. The van der Waals surface area contributed by atoms with E-state index >= 15 is 0 Å². The minimum absolute atomic E-state index is 0.184. The number of nitrogens with zero attached hydrogens (tertiary/aromatic N) is 1. The van der Waals surface area contributed by atoms with Crippen LogP contribution in [0.1, 0.15) is 43.0 Å². The number of carbonyl (C=O) groups is 1. The van der Waals surface area contributed by atoms with Crippen molar-refractivity contribution in [2.75, 3.05) is 26.2 Å². The van der Waals surface area contributed by atoms with Crippen molar-refractivity contribution in [1.82, 2.24) is 4.90 Å². The molecule has 0 bridgehead atoms. The number of halogens is 1. The van der Waals surface area contributed by atoms with E-state index in [-0.39, 0.29) is 5.78 Å². The van der Waals surface area contributed by atoms with Gasteiger partial charge < -0.3 is 9.64 Å². The highest BCUT2D eigenvalue weighted by Gasteiger charge is 2.20. The van der Waals surface area contributed by atoms with Gasteiger partial charge in [-0.15, -0.1) is 0 Å². The van der Waals surface area contributed by atoms with Crippen molar-refractivity contribution < 1.29 is 9.53 Å². The molecule has 1 fully saturated rings. The second kappa shape index (κ2) is 8.52. The molecule has 1 heterocycles. The average Bonchev–Trinajstić information content (AvgIpc) is 2.52. The molecule has 1 atom stereocenters. The van der Waals surface area contributed by atoms with Crippen molar-refractivity contribution in [2.45, 2.75) is 38.7 Å². The molecule has 1 unspecified atom stereocenters. The number of hydrogen-bond donors (Lipinski definition) is 0. The SMILES string of the molecule is CCCOC1CCCN(CCC(=O)c2ccc(Cl)cc2)C1. The Bertz CT molecular complexity index is 447. The van der Waals surface area contributed by atoms with Crippen LogP contribution in [0.3, 0.4) is 0 Å². The van der Waals surface area contributed by atoms with Crippen LogP contribution in [0.2, 0.25) is 5.02 Å². The fourth-order valence-electron chi connectivity index (χ4n) is 2.68. The van der Waals surface area contributed by atoms with Crippen molar-refractivity contribution in [3.8, 4) is 0 Å². The van der Waals surface area contributed by atoms with Crippen LogP contribution in [0.25, 0.3) is 0 Å². The molecule has 2 rings (SSSR count). The molecule has 0 aliphatic carbocycles. The molecular weight excluding hydrogens is 286 g/mol. The second-order valence-electron chi connectivity index (χ2n) is 5.62. The highest BCUT2D eigenvalue weighted by atomic mass is 35.5. The summed E-state index contributed by atoms with van der Waals surface area (Å²) in [6, 6.07) is 7.14. The van der Waals surface area contributed by atoms with Crippen LogP contribution in [-0.4, -0.2) is 43.0 Å². The number of ether oxygens (including phenoxy) is 1. The van der Waals surface area contributed by atoms with Gasteiger partial charge in [-0.1, -0.05) is 18.5 Å². The van der Waals surface area contributed by atoms with Gasteiger partial charge in [0.15, 0.2) is 5.78 Å². The first kappa shape index (κ1) is 16.5. The Morgan fingerprint density at radius 3 is 2.86 bits per heavy atom. The minimum Gasteiger partial charge on any atom is -0.377 e. The normalized spacial score (nSPS) is 19.6. The molecule has 4 heteroatoms. The van der Waals surface area contributed by atoms with Gasteiger partial charge in [-0.25, -0.2) is 0 Å². The van der Waals surface area contributed by atoms with Gasteiger partial charge in [-0.05, 0) is 50.1 Å². The van der Waals surface area contributed by atoms with Crippen LogP contribution >= 0.6 is 11.6 Å². The van der Waals surface area contributed by atoms with E-state index in [1.165, 1.54) is 0 Å². The zero-order valence-electron chi connectivity index (χ0n) is 12.7. The van der Waals surface area contributed by atoms with Gasteiger partial charge in [-0.3, -0.25) is 4.79 Å². The van der Waals surface area contributed by atoms with Crippen LogP contribution in [0.4, 0.5) is 0 Å². The van der Waals surface area contributed by atoms with Gasteiger partial charge >= 0.3 is 0 Å². The fourth-order valence-corrected chi connectivity index (χ4v) is 2.80. The molecule has 1 aromatic rings. The number of ketones is 1. The van der Waals surface area contributed by atoms with E-state index in [1.54, 1.807) is 24.3 Å². The van der Waals surface area contributed by atoms with Gasteiger partial charge in [0, 0.05) is 36.7 Å². The van der Waals surface area contributed by atoms with E-state index in [2.05, 4.69) is 11.8 Å². The maximum atomic E-state index is 12.2. The maximum absolute atomic E-state index is 12.2. The summed E-state index contributed by atoms with van der Waals surface area (Å²) in [5.74, 6) is 0.184. The fraction of sp³-hybridized carbons (Fsp3) is 0.588. The lowest BCUT2D eigenvalue weighted by atomic mass is 10.1. The molecule has 0 spiro atoms. The van der Waals surface area contributed by atoms with Crippen LogP contribution in [0.15, 0.2) is 24.3 Å². The topological polar surface area (TPSA) is 29.5 Å². The second-order valence-corrected chi connectivity index (χ2v) is 6.05. The van der Waals surface area contributed by atoms with Gasteiger partial charge in [-0.2, -0.15) is 0 Å².